The van der Waals surface area contributed by atoms with Gasteiger partial charge in [-0.1, -0.05) is 23.7 Å². The minimum absolute atomic E-state index is 0.193. The Hall–Kier alpha value is -1.55. The highest BCUT2D eigenvalue weighted by molar-refractivity contribution is 6.34. The SMILES string of the molecule is CCOC(=O)C1CCCCN1C(=O)c1cccc(C)c1Cl. The van der Waals surface area contributed by atoms with Gasteiger partial charge in [0.25, 0.3) is 5.91 Å². The van der Waals surface area contributed by atoms with Crippen molar-refractivity contribution >= 4 is 23.5 Å². The van der Waals surface area contributed by atoms with Gasteiger partial charge in [-0.15, -0.1) is 0 Å². The summed E-state index contributed by atoms with van der Waals surface area (Å²) in [5, 5.41) is 0.454. The molecule has 1 aliphatic rings. The van der Waals surface area contributed by atoms with Crippen molar-refractivity contribution in [2.75, 3.05) is 13.2 Å². The van der Waals surface area contributed by atoms with Gasteiger partial charge in [-0.2, -0.15) is 0 Å². The van der Waals surface area contributed by atoms with E-state index in [0.29, 0.717) is 30.2 Å². The summed E-state index contributed by atoms with van der Waals surface area (Å²) in [6, 6.07) is 4.87. The Balaban J connectivity index is 2.26. The predicted molar refractivity (Wildman–Crippen MR) is 81.5 cm³/mol. The van der Waals surface area contributed by atoms with Crippen molar-refractivity contribution in [3.05, 3.63) is 34.3 Å². The fraction of sp³-hybridized carbons (Fsp3) is 0.500. The number of carbonyl (C=O) groups is 2. The Labute approximate surface area is 130 Å². The summed E-state index contributed by atoms with van der Waals surface area (Å²) >= 11 is 6.23. The van der Waals surface area contributed by atoms with E-state index in [9.17, 15) is 9.59 Å². The van der Waals surface area contributed by atoms with Gasteiger partial charge in [-0.05, 0) is 44.7 Å². The Bertz CT molecular complexity index is 544. The molecule has 0 bridgehead atoms. The first-order chi connectivity index (χ1) is 10.1. The van der Waals surface area contributed by atoms with Crippen LogP contribution >= 0.6 is 11.6 Å². The fourth-order valence-electron chi connectivity index (χ4n) is 2.63. The summed E-state index contributed by atoms with van der Waals surface area (Å²) < 4.78 is 5.09. The van der Waals surface area contributed by atoms with E-state index in [1.165, 1.54) is 0 Å². The number of benzene rings is 1. The number of aryl methyl sites for hydroxylation is 1. The minimum Gasteiger partial charge on any atom is -0.464 e. The number of carbonyl (C=O) groups excluding carboxylic acids is 2. The standard InChI is InChI=1S/C16H20ClNO3/c1-3-21-16(20)13-9-4-5-10-18(13)15(19)12-8-6-7-11(2)14(12)17/h6-8,13H,3-5,9-10H2,1-2H3. The lowest BCUT2D eigenvalue weighted by Gasteiger charge is -2.34. The third-order valence-electron chi connectivity index (χ3n) is 3.74. The Morgan fingerprint density at radius 1 is 1.38 bits per heavy atom. The lowest BCUT2D eigenvalue weighted by molar-refractivity contribution is -0.149. The van der Waals surface area contributed by atoms with E-state index < -0.39 is 6.04 Å². The highest BCUT2D eigenvalue weighted by Crippen LogP contribution is 2.26. The van der Waals surface area contributed by atoms with Gasteiger partial charge in [0.1, 0.15) is 6.04 Å². The van der Waals surface area contributed by atoms with Crippen LogP contribution in [0.1, 0.15) is 42.1 Å². The number of esters is 1. The molecule has 2 rings (SSSR count). The van der Waals surface area contributed by atoms with Crippen molar-refractivity contribution in [1.82, 2.24) is 4.90 Å². The smallest absolute Gasteiger partial charge is 0.328 e. The number of rotatable bonds is 3. The number of ether oxygens (including phenoxy) is 1. The van der Waals surface area contributed by atoms with Crippen molar-refractivity contribution in [3.8, 4) is 0 Å². The molecular formula is C16H20ClNO3. The normalized spacial score (nSPS) is 18.4. The van der Waals surface area contributed by atoms with Gasteiger partial charge >= 0.3 is 5.97 Å². The van der Waals surface area contributed by atoms with Gasteiger partial charge in [-0.3, -0.25) is 4.79 Å². The van der Waals surface area contributed by atoms with E-state index in [1.807, 2.05) is 13.0 Å². The van der Waals surface area contributed by atoms with Crippen LogP contribution in [0.15, 0.2) is 18.2 Å². The number of nitrogens with zero attached hydrogens (tertiary/aromatic N) is 1. The summed E-state index contributed by atoms with van der Waals surface area (Å²) in [6.07, 6.45) is 2.47. The topological polar surface area (TPSA) is 46.6 Å². The monoisotopic (exact) mass is 309 g/mol. The zero-order valence-electron chi connectivity index (χ0n) is 12.4. The van der Waals surface area contributed by atoms with Gasteiger partial charge in [-0.25, -0.2) is 4.79 Å². The quantitative estimate of drug-likeness (QED) is 0.806. The van der Waals surface area contributed by atoms with Crippen LogP contribution in [0.25, 0.3) is 0 Å². The van der Waals surface area contributed by atoms with Gasteiger partial charge in [0.2, 0.25) is 0 Å². The molecule has 1 aromatic rings. The van der Waals surface area contributed by atoms with Crippen molar-refractivity contribution in [2.45, 2.75) is 39.2 Å². The van der Waals surface area contributed by atoms with E-state index in [0.717, 1.165) is 18.4 Å². The number of halogens is 1. The molecule has 1 fully saturated rings. The van der Waals surface area contributed by atoms with Crippen LogP contribution in [0, 0.1) is 6.92 Å². The molecule has 1 saturated heterocycles. The molecule has 0 saturated carbocycles. The molecular weight excluding hydrogens is 290 g/mol. The summed E-state index contributed by atoms with van der Waals surface area (Å²) in [6.45, 7) is 4.51. The molecule has 1 amide bonds. The van der Waals surface area contributed by atoms with Crippen molar-refractivity contribution < 1.29 is 14.3 Å². The van der Waals surface area contributed by atoms with E-state index >= 15 is 0 Å². The third-order valence-corrected chi connectivity index (χ3v) is 4.25. The van der Waals surface area contributed by atoms with Gasteiger partial charge in [0.15, 0.2) is 0 Å². The summed E-state index contributed by atoms with van der Waals surface area (Å²) in [4.78, 5) is 26.4. The van der Waals surface area contributed by atoms with Crippen LogP contribution in [0.2, 0.25) is 5.02 Å². The van der Waals surface area contributed by atoms with Crippen LogP contribution in [0.5, 0.6) is 0 Å². The highest BCUT2D eigenvalue weighted by Gasteiger charge is 2.34. The maximum atomic E-state index is 12.7. The zero-order chi connectivity index (χ0) is 15.4. The molecule has 114 valence electrons. The number of hydrogen-bond donors (Lipinski definition) is 0. The predicted octanol–water partition coefficient (Wildman–Crippen LogP) is 3.21. The lowest BCUT2D eigenvalue weighted by atomic mass is 10.0. The second kappa shape index (κ2) is 6.94. The van der Waals surface area contributed by atoms with Crippen LogP contribution in [-0.4, -0.2) is 36.0 Å². The fourth-order valence-corrected chi connectivity index (χ4v) is 2.83. The maximum absolute atomic E-state index is 12.7. The molecule has 0 N–H and O–H groups in total. The first-order valence-corrected chi connectivity index (χ1v) is 7.66. The van der Waals surface area contributed by atoms with Crippen molar-refractivity contribution in [3.63, 3.8) is 0 Å². The molecule has 0 aromatic heterocycles. The second-order valence-corrected chi connectivity index (χ2v) is 5.58. The first kappa shape index (κ1) is 15.8. The van der Waals surface area contributed by atoms with E-state index in [4.69, 9.17) is 16.3 Å². The molecule has 0 aliphatic carbocycles. The number of piperidine rings is 1. The third kappa shape index (κ3) is 3.38. The van der Waals surface area contributed by atoms with Crippen LogP contribution < -0.4 is 0 Å². The largest absolute Gasteiger partial charge is 0.464 e. The molecule has 1 atom stereocenters. The molecule has 4 nitrogen and oxygen atoms in total. The molecule has 5 heteroatoms. The van der Waals surface area contributed by atoms with Crippen LogP contribution in [0.4, 0.5) is 0 Å². The highest BCUT2D eigenvalue weighted by atomic mass is 35.5. The number of amides is 1. The Morgan fingerprint density at radius 3 is 2.86 bits per heavy atom. The molecule has 1 aliphatic heterocycles. The van der Waals surface area contributed by atoms with Crippen molar-refractivity contribution in [1.29, 1.82) is 0 Å². The molecule has 21 heavy (non-hydrogen) atoms. The summed E-state index contributed by atoms with van der Waals surface area (Å²) in [7, 11) is 0. The molecule has 1 aromatic carbocycles. The lowest BCUT2D eigenvalue weighted by Crippen LogP contribution is -2.48. The van der Waals surface area contributed by atoms with Crippen LogP contribution in [0.3, 0.4) is 0 Å². The maximum Gasteiger partial charge on any atom is 0.328 e. The average molecular weight is 310 g/mol. The van der Waals surface area contributed by atoms with Gasteiger partial charge in [0.05, 0.1) is 17.2 Å². The molecule has 0 radical (unpaired) electrons. The second-order valence-electron chi connectivity index (χ2n) is 5.20. The van der Waals surface area contributed by atoms with Crippen LogP contribution in [-0.2, 0) is 9.53 Å². The van der Waals surface area contributed by atoms with Crippen molar-refractivity contribution in [2.24, 2.45) is 0 Å². The average Bonchev–Trinajstić information content (AvgIpc) is 2.49. The Morgan fingerprint density at radius 2 is 2.14 bits per heavy atom. The molecule has 0 spiro atoms. The van der Waals surface area contributed by atoms with E-state index in [-0.39, 0.29) is 11.9 Å². The van der Waals surface area contributed by atoms with Gasteiger partial charge in [0, 0.05) is 6.54 Å². The number of likely N-dealkylation sites (tertiary alicyclic amines) is 1. The number of hydrogen-bond acceptors (Lipinski definition) is 3. The zero-order valence-corrected chi connectivity index (χ0v) is 13.2. The summed E-state index contributed by atoms with van der Waals surface area (Å²) in [5.74, 6) is -0.518. The summed E-state index contributed by atoms with van der Waals surface area (Å²) in [5.41, 5.74) is 1.31. The first-order valence-electron chi connectivity index (χ1n) is 7.29. The minimum atomic E-state index is -0.497. The Kier molecular flexibility index (Phi) is 5.23. The van der Waals surface area contributed by atoms with E-state index in [2.05, 4.69) is 0 Å². The molecule has 1 heterocycles. The molecule has 1 unspecified atom stereocenters. The van der Waals surface area contributed by atoms with E-state index in [1.54, 1.807) is 24.0 Å². The van der Waals surface area contributed by atoms with Gasteiger partial charge < -0.3 is 9.64 Å².